The van der Waals surface area contributed by atoms with Crippen molar-refractivity contribution in [2.45, 2.75) is 19.8 Å². The number of hydrogen-bond donors (Lipinski definition) is 1. The third-order valence-electron chi connectivity index (χ3n) is 5.95. The summed E-state index contributed by atoms with van der Waals surface area (Å²) in [5, 5.41) is 13.9. The Morgan fingerprint density at radius 1 is 0.757 bits per heavy atom. The number of carbonyl (C=O) groups excluding carboxylic acids is 2. The second kappa shape index (κ2) is 11.9. The number of Topliss-reactive ketones (excluding diaryl/α,β-unsaturated/α-hetero) is 1. The summed E-state index contributed by atoms with van der Waals surface area (Å²) in [4.78, 5) is 23.0. The van der Waals surface area contributed by atoms with Crippen molar-refractivity contribution >= 4 is 33.3 Å². The minimum absolute atomic E-state index is 0.0854. The highest BCUT2D eigenvalue weighted by atomic mass is 16.5. The molecule has 0 aliphatic rings. The smallest absolute Gasteiger partial charge is 0.347 e. The lowest BCUT2D eigenvalue weighted by Crippen LogP contribution is -2.08. The maximum absolute atomic E-state index is 12.1. The standard InChI is InChI=1S/C17H12O3.C15H16O2/c18-15-10-4-3-9-14(15)17(19)20-16-11-5-7-12-6-1-2-8-13(12)16;1-11(16)3-4-12-5-6-14-10-15(17-2)8-7-13(14)9-12/h1-11,18H;5-10H,3-4H2,1-2H3. The molecule has 0 saturated heterocycles. The highest BCUT2D eigenvalue weighted by Gasteiger charge is 2.14. The first kappa shape index (κ1) is 25.5. The van der Waals surface area contributed by atoms with E-state index in [9.17, 15) is 14.7 Å². The second-order valence-corrected chi connectivity index (χ2v) is 8.63. The van der Waals surface area contributed by atoms with Crippen molar-refractivity contribution in [3.63, 3.8) is 0 Å². The Hall–Kier alpha value is -4.64. The SMILES string of the molecule is COc1ccc2cc(CCC(C)=O)ccc2c1.O=C(Oc1cccc2ccccc12)c1ccccc1O. The maximum atomic E-state index is 12.1. The number of methoxy groups -OCH3 is 1. The fourth-order valence-corrected chi connectivity index (χ4v) is 3.96. The highest BCUT2D eigenvalue weighted by molar-refractivity contribution is 5.97. The van der Waals surface area contributed by atoms with E-state index < -0.39 is 5.97 Å². The van der Waals surface area contributed by atoms with Gasteiger partial charge in [-0.05, 0) is 65.4 Å². The summed E-state index contributed by atoms with van der Waals surface area (Å²) in [6.45, 7) is 1.63. The number of ketones is 1. The van der Waals surface area contributed by atoms with Gasteiger partial charge in [0.1, 0.15) is 28.6 Å². The van der Waals surface area contributed by atoms with Crippen molar-refractivity contribution in [2.24, 2.45) is 0 Å². The van der Waals surface area contributed by atoms with Gasteiger partial charge in [-0.3, -0.25) is 0 Å². The van der Waals surface area contributed by atoms with E-state index in [1.165, 1.54) is 23.1 Å². The molecular weight excluding hydrogens is 464 g/mol. The number of aryl methyl sites for hydroxylation is 1. The fraction of sp³-hybridized carbons (Fsp3) is 0.125. The molecule has 5 aromatic rings. The molecule has 0 aliphatic carbocycles. The summed E-state index contributed by atoms with van der Waals surface area (Å²) in [6.07, 6.45) is 1.43. The normalized spacial score (nSPS) is 10.4. The van der Waals surface area contributed by atoms with Crippen molar-refractivity contribution in [3.05, 3.63) is 114 Å². The van der Waals surface area contributed by atoms with E-state index in [2.05, 4.69) is 18.2 Å². The topological polar surface area (TPSA) is 72.8 Å². The number of rotatable bonds is 6. The monoisotopic (exact) mass is 492 g/mol. The average Bonchev–Trinajstić information content (AvgIpc) is 2.92. The Balaban J connectivity index is 0.000000176. The predicted molar refractivity (Wildman–Crippen MR) is 147 cm³/mol. The molecule has 0 unspecified atom stereocenters. The van der Waals surface area contributed by atoms with Gasteiger partial charge in [0.2, 0.25) is 0 Å². The summed E-state index contributed by atoms with van der Waals surface area (Å²) in [5.41, 5.74) is 1.36. The van der Waals surface area contributed by atoms with Gasteiger partial charge in [-0.25, -0.2) is 4.79 Å². The van der Waals surface area contributed by atoms with Gasteiger partial charge in [0.05, 0.1) is 7.11 Å². The molecule has 1 N–H and O–H groups in total. The van der Waals surface area contributed by atoms with Crippen molar-refractivity contribution < 1.29 is 24.2 Å². The van der Waals surface area contributed by atoms with E-state index in [1.54, 1.807) is 32.2 Å². The number of phenols is 1. The molecule has 0 bridgehead atoms. The molecule has 5 nitrogen and oxygen atoms in total. The van der Waals surface area contributed by atoms with Crippen LogP contribution >= 0.6 is 0 Å². The van der Waals surface area contributed by atoms with E-state index in [-0.39, 0.29) is 17.1 Å². The van der Waals surface area contributed by atoms with Gasteiger partial charge in [-0.15, -0.1) is 0 Å². The first-order valence-corrected chi connectivity index (χ1v) is 12.0. The van der Waals surface area contributed by atoms with Crippen LogP contribution in [0.3, 0.4) is 0 Å². The number of esters is 1. The zero-order chi connectivity index (χ0) is 26.2. The molecule has 5 rings (SSSR count). The van der Waals surface area contributed by atoms with Gasteiger partial charge in [0, 0.05) is 11.8 Å². The second-order valence-electron chi connectivity index (χ2n) is 8.63. The number of benzene rings is 5. The van der Waals surface area contributed by atoms with Crippen molar-refractivity contribution in [1.29, 1.82) is 0 Å². The number of hydrogen-bond acceptors (Lipinski definition) is 5. The van der Waals surface area contributed by atoms with Crippen LogP contribution in [0.25, 0.3) is 21.5 Å². The number of carbonyl (C=O) groups is 2. The zero-order valence-electron chi connectivity index (χ0n) is 20.8. The molecule has 0 saturated carbocycles. The first-order chi connectivity index (χ1) is 17.9. The van der Waals surface area contributed by atoms with Crippen molar-refractivity contribution in [2.75, 3.05) is 7.11 Å². The molecule has 0 amide bonds. The number of aromatic hydroxyl groups is 1. The Kier molecular flexibility index (Phi) is 8.16. The quantitative estimate of drug-likeness (QED) is 0.202. The minimum Gasteiger partial charge on any atom is -0.507 e. The van der Waals surface area contributed by atoms with Crippen molar-refractivity contribution in [1.82, 2.24) is 0 Å². The summed E-state index contributed by atoms with van der Waals surface area (Å²) >= 11 is 0. The third kappa shape index (κ3) is 6.53. The van der Waals surface area contributed by atoms with Crippen LogP contribution in [0.5, 0.6) is 17.2 Å². The third-order valence-corrected chi connectivity index (χ3v) is 5.95. The average molecular weight is 493 g/mol. The van der Waals surface area contributed by atoms with Gasteiger partial charge in [-0.2, -0.15) is 0 Å². The Bertz CT molecular complexity index is 1550. The molecular formula is C32H28O5. The molecule has 0 aliphatic heterocycles. The van der Waals surface area contributed by atoms with E-state index in [0.29, 0.717) is 12.2 Å². The number of ether oxygens (including phenoxy) is 2. The van der Waals surface area contributed by atoms with E-state index in [1.807, 2.05) is 54.6 Å². The molecule has 0 spiro atoms. The Morgan fingerprint density at radius 2 is 1.46 bits per heavy atom. The van der Waals surface area contributed by atoms with Gasteiger partial charge >= 0.3 is 5.97 Å². The summed E-state index contributed by atoms with van der Waals surface area (Å²) in [7, 11) is 1.67. The molecule has 5 heteroatoms. The predicted octanol–water partition coefficient (Wildman–Crippen LogP) is 7.13. The number of fused-ring (bicyclic) bond motifs is 2. The molecule has 37 heavy (non-hydrogen) atoms. The van der Waals surface area contributed by atoms with Crippen LogP contribution in [-0.4, -0.2) is 24.0 Å². The lowest BCUT2D eigenvalue weighted by Gasteiger charge is -2.08. The van der Waals surface area contributed by atoms with Gasteiger partial charge < -0.3 is 19.4 Å². The van der Waals surface area contributed by atoms with Gasteiger partial charge in [0.25, 0.3) is 0 Å². The van der Waals surface area contributed by atoms with Crippen LogP contribution in [0, 0.1) is 0 Å². The van der Waals surface area contributed by atoms with Crippen LogP contribution < -0.4 is 9.47 Å². The fourth-order valence-electron chi connectivity index (χ4n) is 3.96. The Labute approximate surface area is 215 Å². The summed E-state index contributed by atoms with van der Waals surface area (Å²) < 4.78 is 10.6. The molecule has 0 fully saturated rings. The molecule has 5 aromatic carbocycles. The highest BCUT2D eigenvalue weighted by Crippen LogP contribution is 2.27. The first-order valence-electron chi connectivity index (χ1n) is 12.0. The molecule has 0 atom stereocenters. The largest absolute Gasteiger partial charge is 0.507 e. The molecule has 186 valence electrons. The van der Waals surface area contributed by atoms with Crippen LogP contribution in [0.1, 0.15) is 29.3 Å². The lowest BCUT2D eigenvalue weighted by atomic mass is 10.0. The Morgan fingerprint density at radius 3 is 2.24 bits per heavy atom. The van der Waals surface area contributed by atoms with Gasteiger partial charge in [-0.1, -0.05) is 72.8 Å². The summed E-state index contributed by atoms with van der Waals surface area (Å²) in [6, 6.07) is 31.8. The maximum Gasteiger partial charge on any atom is 0.347 e. The van der Waals surface area contributed by atoms with E-state index in [0.717, 1.165) is 28.3 Å². The lowest BCUT2D eigenvalue weighted by molar-refractivity contribution is -0.116. The van der Waals surface area contributed by atoms with Crippen LogP contribution in [0.4, 0.5) is 0 Å². The van der Waals surface area contributed by atoms with Crippen LogP contribution in [0.15, 0.2) is 103 Å². The van der Waals surface area contributed by atoms with E-state index in [4.69, 9.17) is 9.47 Å². The van der Waals surface area contributed by atoms with Gasteiger partial charge in [0.15, 0.2) is 0 Å². The van der Waals surface area contributed by atoms with Crippen molar-refractivity contribution in [3.8, 4) is 17.2 Å². The number of para-hydroxylation sites is 1. The molecule has 0 radical (unpaired) electrons. The minimum atomic E-state index is -0.570. The molecule has 0 aromatic heterocycles. The number of phenolic OH excluding ortho intramolecular Hbond substituents is 1. The van der Waals surface area contributed by atoms with E-state index >= 15 is 0 Å². The molecule has 0 heterocycles. The zero-order valence-corrected chi connectivity index (χ0v) is 20.8. The summed E-state index contributed by atoms with van der Waals surface area (Å²) in [5.74, 6) is 0.933. The van der Waals surface area contributed by atoms with Crippen LogP contribution in [-0.2, 0) is 11.2 Å². The van der Waals surface area contributed by atoms with Crippen LogP contribution in [0.2, 0.25) is 0 Å².